The number of hydrogen-bond donors (Lipinski definition) is 0. The maximum absolute atomic E-state index is 11.8. The van der Waals surface area contributed by atoms with E-state index in [0.29, 0.717) is 12.1 Å². The standard InChI is InChI=1S/C19H17NO4/c1-12-9-20(10-13-3-6-17-18(7-13)24-11-23-17)16-8-14(19(21)22-2)4-5-15(12)16/h3-9H,10-11H2,1-2H3. The van der Waals surface area contributed by atoms with Crippen LogP contribution in [0.5, 0.6) is 11.5 Å². The number of rotatable bonds is 3. The van der Waals surface area contributed by atoms with Crippen molar-refractivity contribution in [2.75, 3.05) is 13.9 Å². The van der Waals surface area contributed by atoms with Crippen LogP contribution in [0.25, 0.3) is 10.9 Å². The minimum atomic E-state index is -0.328. The van der Waals surface area contributed by atoms with Crippen molar-refractivity contribution in [1.82, 2.24) is 4.57 Å². The predicted molar refractivity (Wildman–Crippen MR) is 89.7 cm³/mol. The van der Waals surface area contributed by atoms with E-state index in [1.54, 1.807) is 6.07 Å². The van der Waals surface area contributed by atoms with Crippen LogP contribution in [0.2, 0.25) is 0 Å². The van der Waals surface area contributed by atoms with Gasteiger partial charge in [0.25, 0.3) is 0 Å². The molecule has 0 fully saturated rings. The van der Waals surface area contributed by atoms with E-state index >= 15 is 0 Å². The molecule has 0 aliphatic carbocycles. The van der Waals surface area contributed by atoms with Gasteiger partial charge in [-0.1, -0.05) is 12.1 Å². The molecule has 3 aromatic rings. The Kier molecular flexibility index (Phi) is 3.41. The van der Waals surface area contributed by atoms with Crippen molar-refractivity contribution >= 4 is 16.9 Å². The summed E-state index contributed by atoms with van der Waals surface area (Å²) in [5.74, 6) is 1.22. The number of methoxy groups -OCH3 is 1. The van der Waals surface area contributed by atoms with Crippen LogP contribution in [0.1, 0.15) is 21.5 Å². The van der Waals surface area contributed by atoms with E-state index in [1.807, 2.05) is 30.3 Å². The Morgan fingerprint density at radius 2 is 2.00 bits per heavy atom. The second-order valence-electron chi connectivity index (χ2n) is 5.85. The summed E-state index contributed by atoms with van der Waals surface area (Å²) in [4.78, 5) is 11.8. The van der Waals surface area contributed by atoms with Gasteiger partial charge in [0, 0.05) is 23.6 Å². The lowest BCUT2D eigenvalue weighted by atomic mass is 10.1. The van der Waals surface area contributed by atoms with Crippen molar-refractivity contribution in [2.45, 2.75) is 13.5 Å². The van der Waals surface area contributed by atoms with Crippen molar-refractivity contribution < 1.29 is 19.0 Å². The van der Waals surface area contributed by atoms with Gasteiger partial charge in [0.15, 0.2) is 11.5 Å². The second kappa shape index (κ2) is 5.60. The predicted octanol–water partition coefficient (Wildman–Crippen LogP) is 3.51. The van der Waals surface area contributed by atoms with Crippen LogP contribution in [0.3, 0.4) is 0 Å². The maximum Gasteiger partial charge on any atom is 0.337 e. The van der Waals surface area contributed by atoms with E-state index in [9.17, 15) is 4.79 Å². The number of carbonyl (C=O) groups excluding carboxylic acids is 1. The van der Waals surface area contributed by atoms with E-state index in [-0.39, 0.29) is 12.8 Å². The molecule has 5 nitrogen and oxygen atoms in total. The van der Waals surface area contributed by atoms with E-state index in [4.69, 9.17) is 14.2 Å². The third kappa shape index (κ3) is 2.38. The molecule has 122 valence electrons. The molecule has 1 aliphatic heterocycles. The van der Waals surface area contributed by atoms with Gasteiger partial charge in [-0.05, 0) is 42.3 Å². The van der Waals surface area contributed by atoms with Crippen LogP contribution in [0, 0.1) is 6.92 Å². The highest BCUT2D eigenvalue weighted by molar-refractivity contribution is 5.95. The first-order valence-electron chi connectivity index (χ1n) is 7.72. The van der Waals surface area contributed by atoms with Crippen molar-refractivity contribution in [2.24, 2.45) is 0 Å². The second-order valence-corrected chi connectivity index (χ2v) is 5.85. The molecule has 0 N–H and O–H groups in total. The maximum atomic E-state index is 11.8. The minimum Gasteiger partial charge on any atom is -0.465 e. The average molecular weight is 323 g/mol. The zero-order chi connectivity index (χ0) is 16.7. The van der Waals surface area contributed by atoms with Crippen molar-refractivity contribution in [3.63, 3.8) is 0 Å². The first-order chi connectivity index (χ1) is 11.7. The largest absolute Gasteiger partial charge is 0.465 e. The van der Waals surface area contributed by atoms with Gasteiger partial charge < -0.3 is 18.8 Å². The molecule has 1 aromatic heterocycles. The summed E-state index contributed by atoms with van der Waals surface area (Å²) in [5.41, 5.74) is 3.84. The summed E-state index contributed by atoms with van der Waals surface area (Å²) in [6.45, 7) is 3.02. The highest BCUT2D eigenvalue weighted by Crippen LogP contribution is 2.33. The number of fused-ring (bicyclic) bond motifs is 2. The van der Waals surface area contributed by atoms with Crippen molar-refractivity contribution in [1.29, 1.82) is 0 Å². The number of nitrogens with zero attached hydrogens (tertiary/aromatic N) is 1. The Morgan fingerprint density at radius 1 is 1.17 bits per heavy atom. The Hall–Kier alpha value is -2.95. The van der Waals surface area contributed by atoms with Gasteiger partial charge in [-0.15, -0.1) is 0 Å². The summed E-state index contributed by atoms with van der Waals surface area (Å²) in [6, 6.07) is 11.6. The number of hydrogen-bond acceptors (Lipinski definition) is 4. The van der Waals surface area contributed by atoms with Crippen LogP contribution in [0.4, 0.5) is 0 Å². The molecule has 4 rings (SSSR count). The molecule has 0 radical (unpaired) electrons. The third-order valence-corrected chi connectivity index (χ3v) is 4.29. The van der Waals surface area contributed by atoms with Crippen LogP contribution in [-0.4, -0.2) is 24.4 Å². The lowest BCUT2D eigenvalue weighted by molar-refractivity contribution is 0.0601. The molecule has 2 aromatic carbocycles. The molecule has 0 atom stereocenters. The first-order valence-corrected chi connectivity index (χ1v) is 7.72. The number of aryl methyl sites for hydroxylation is 1. The van der Waals surface area contributed by atoms with Gasteiger partial charge in [0.2, 0.25) is 6.79 Å². The fraction of sp³-hybridized carbons (Fsp3) is 0.211. The number of ether oxygens (including phenoxy) is 3. The van der Waals surface area contributed by atoms with Crippen LogP contribution < -0.4 is 9.47 Å². The van der Waals surface area contributed by atoms with Gasteiger partial charge in [0.1, 0.15) is 0 Å². The SMILES string of the molecule is COC(=O)c1ccc2c(C)cn(Cc3ccc4c(c3)OCO4)c2c1. The summed E-state index contributed by atoms with van der Waals surface area (Å²) < 4.78 is 17.7. The molecular weight excluding hydrogens is 306 g/mol. The zero-order valence-electron chi connectivity index (χ0n) is 13.5. The fourth-order valence-electron chi connectivity index (χ4n) is 3.09. The van der Waals surface area contributed by atoms with Gasteiger partial charge in [-0.3, -0.25) is 0 Å². The lowest BCUT2D eigenvalue weighted by Gasteiger charge is -2.08. The Labute approximate surface area is 139 Å². The molecule has 0 spiro atoms. The molecule has 0 bridgehead atoms. The molecule has 0 saturated heterocycles. The quantitative estimate of drug-likeness (QED) is 0.692. The van der Waals surface area contributed by atoms with E-state index < -0.39 is 0 Å². The van der Waals surface area contributed by atoms with Gasteiger partial charge in [0.05, 0.1) is 12.7 Å². The van der Waals surface area contributed by atoms with Crippen molar-refractivity contribution in [3.05, 3.63) is 59.3 Å². The van der Waals surface area contributed by atoms with Gasteiger partial charge >= 0.3 is 5.97 Å². The average Bonchev–Trinajstić information content (AvgIpc) is 3.18. The van der Waals surface area contributed by atoms with E-state index in [0.717, 1.165) is 28.0 Å². The summed E-state index contributed by atoms with van der Waals surface area (Å²) in [7, 11) is 1.39. The molecule has 0 unspecified atom stereocenters. The Morgan fingerprint density at radius 3 is 2.83 bits per heavy atom. The fourth-order valence-corrected chi connectivity index (χ4v) is 3.09. The monoisotopic (exact) mass is 323 g/mol. The Bertz CT molecular complexity index is 942. The molecule has 5 heteroatoms. The molecule has 0 saturated carbocycles. The van der Waals surface area contributed by atoms with Crippen LogP contribution >= 0.6 is 0 Å². The number of aromatic nitrogens is 1. The first kappa shape index (κ1) is 14.6. The number of carbonyl (C=O) groups is 1. The van der Waals surface area contributed by atoms with Gasteiger partial charge in [-0.2, -0.15) is 0 Å². The lowest BCUT2D eigenvalue weighted by Crippen LogP contribution is -2.02. The highest BCUT2D eigenvalue weighted by Gasteiger charge is 2.15. The van der Waals surface area contributed by atoms with Crippen molar-refractivity contribution in [3.8, 4) is 11.5 Å². The Balaban J connectivity index is 1.74. The van der Waals surface area contributed by atoms with Gasteiger partial charge in [-0.25, -0.2) is 4.79 Å². The van der Waals surface area contributed by atoms with Crippen LogP contribution in [-0.2, 0) is 11.3 Å². The molecule has 0 amide bonds. The number of benzene rings is 2. The molecule has 1 aliphatic rings. The highest BCUT2D eigenvalue weighted by atomic mass is 16.7. The zero-order valence-corrected chi connectivity index (χ0v) is 13.5. The smallest absolute Gasteiger partial charge is 0.337 e. The summed E-state index contributed by atoms with van der Waals surface area (Å²) >= 11 is 0. The van der Waals surface area contributed by atoms with E-state index in [2.05, 4.69) is 17.7 Å². The van der Waals surface area contributed by atoms with Crippen LogP contribution in [0.15, 0.2) is 42.6 Å². The normalized spacial score (nSPS) is 12.6. The summed E-state index contributed by atoms with van der Waals surface area (Å²) in [5, 5.41) is 1.13. The summed E-state index contributed by atoms with van der Waals surface area (Å²) in [6.07, 6.45) is 2.09. The van der Waals surface area contributed by atoms with E-state index in [1.165, 1.54) is 12.7 Å². The topological polar surface area (TPSA) is 49.7 Å². The number of esters is 1. The molecular formula is C19H17NO4. The third-order valence-electron chi connectivity index (χ3n) is 4.29. The minimum absolute atomic E-state index is 0.271. The molecule has 2 heterocycles. The molecule has 24 heavy (non-hydrogen) atoms.